The van der Waals surface area contributed by atoms with Crippen LogP contribution in [0.4, 0.5) is 0 Å². The number of rotatable bonds is 2. The van der Waals surface area contributed by atoms with Gasteiger partial charge in [0.15, 0.2) is 5.96 Å². The number of aromatic nitrogens is 1. The first-order chi connectivity index (χ1) is 7.70. The van der Waals surface area contributed by atoms with Gasteiger partial charge >= 0.3 is 10.4 Å². The van der Waals surface area contributed by atoms with Gasteiger partial charge in [-0.1, -0.05) is 6.07 Å². The molecule has 0 aliphatic heterocycles. The fourth-order valence-electron chi connectivity index (χ4n) is 0.820. The summed E-state index contributed by atoms with van der Waals surface area (Å²) in [6.45, 7) is 0.580. The molecule has 17 heavy (non-hydrogen) atoms. The molecule has 0 aromatic carbocycles. The fourth-order valence-corrected chi connectivity index (χ4v) is 0.820. The number of pyridine rings is 1. The number of hydrogen-bond acceptors (Lipinski definition) is 4. The lowest BCUT2D eigenvalue weighted by Crippen LogP contribution is -2.32. The molecule has 1 aromatic rings. The molecule has 0 unspecified atom stereocenters. The van der Waals surface area contributed by atoms with Crippen molar-refractivity contribution in [2.45, 2.75) is 6.54 Å². The highest BCUT2D eigenvalue weighted by Gasteiger charge is 2.00. The molecular weight excluding hydrogens is 248 g/mol. The van der Waals surface area contributed by atoms with E-state index in [0.29, 0.717) is 6.54 Å². The van der Waals surface area contributed by atoms with Gasteiger partial charge in [0.05, 0.1) is 12.2 Å². The van der Waals surface area contributed by atoms with Gasteiger partial charge in [0.1, 0.15) is 0 Å². The van der Waals surface area contributed by atoms with Crippen LogP contribution in [-0.2, 0) is 16.9 Å². The topological polar surface area (TPSA) is 141 Å². The molecule has 0 radical (unpaired) electrons. The van der Waals surface area contributed by atoms with Gasteiger partial charge in [-0.15, -0.1) is 0 Å². The Morgan fingerprint density at radius 2 is 2.06 bits per heavy atom. The summed E-state index contributed by atoms with van der Waals surface area (Å²) < 4.78 is 31.6. The van der Waals surface area contributed by atoms with Gasteiger partial charge in [0, 0.05) is 13.2 Å². The molecule has 96 valence electrons. The van der Waals surface area contributed by atoms with Gasteiger partial charge in [-0.05, 0) is 12.1 Å². The zero-order valence-corrected chi connectivity index (χ0v) is 9.92. The van der Waals surface area contributed by atoms with Crippen LogP contribution in [0.25, 0.3) is 0 Å². The van der Waals surface area contributed by atoms with Gasteiger partial charge in [0.2, 0.25) is 0 Å². The maximum Gasteiger partial charge on any atom is 0.394 e. The number of hydrogen-bond donors (Lipinski definition) is 4. The zero-order valence-electron chi connectivity index (χ0n) is 9.11. The quantitative estimate of drug-likeness (QED) is 0.327. The van der Waals surface area contributed by atoms with E-state index in [4.69, 9.17) is 28.7 Å². The molecule has 0 amide bonds. The highest BCUT2D eigenvalue weighted by Crippen LogP contribution is 1.96. The van der Waals surface area contributed by atoms with Crippen molar-refractivity contribution in [3.05, 3.63) is 30.1 Å². The Morgan fingerprint density at radius 3 is 2.41 bits per heavy atom. The summed E-state index contributed by atoms with van der Waals surface area (Å²) in [6, 6.07) is 5.67. The van der Waals surface area contributed by atoms with Gasteiger partial charge in [-0.25, -0.2) is 0 Å². The van der Waals surface area contributed by atoms with E-state index in [-0.39, 0.29) is 5.96 Å². The van der Waals surface area contributed by atoms with E-state index < -0.39 is 10.4 Å². The summed E-state index contributed by atoms with van der Waals surface area (Å²) in [4.78, 5) is 5.73. The van der Waals surface area contributed by atoms with Crippen molar-refractivity contribution in [3.8, 4) is 0 Å². The zero-order chi connectivity index (χ0) is 13.5. The minimum Gasteiger partial charge on any atom is -0.370 e. The van der Waals surface area contributed by atoms with Crippen molar-refractivity contribution < 1.29 is 17.5 Å². The van der Waals surface area contributed by atoms with Crippen LogP contribution in [0, 0.1) is 5.41 Å². The Balaban J connectivity index is 0.000000437. The summed E-state index contributed by atoms with van der Waals surface area (Å²) in [7, 11) is -2.91. The monoisotopic (exact) mass is 262 g/mol. The van der Waals surface area contributed by atoms with Crippen LogP contribution in [0.3, 0.4) is 0 Å². The highest BCUT2D eigenvalue weighted by molar-refractivity contribution is 7.79. The third-order valence-corrected chi connectivity index (χ3v) is 1.54. The van der Waals surface area contributed by atoms with Crippen molar-refractivity contribution in [2.75, 3.05) is 7.05 Å². The molecular formula is C8H14N4O4S. The second-order valence-corrected chi connectivity index (χ2v) is 3.91. The van der Waals surface area contributed by atoms with Gasteiger partial charge in [-0.2, -0.15) is 8.42 Å². The molecule has 0 saturated heterocycles. The molecule has 0 aliphatic rings. The van der Waals surface area contributed by atoms with Crippen molar-refractivity contribution in [3.63, 3.8) is 0 Å². The lowest BCUT2D eigenvalue weighted by atomic mass is 10.3. The second kappa shape index (κ2) is 6.78. The first-order valence-electron chi connectivity index (χ1n) is 4.35. The maximum absolute atomic E-state index is 8.74. The van der Waals surface area contributed by atoms with Crippen LogP contribution in [-0.4, -0.2) is 40.4 Å². The summed E-state index contributed by atoms with van der Waals surface area (Å²) in [5.74, 6) is 0.0562. The minimum atomic E-state index is -4.67. The molecule has 5 N–H and O–H groups in total. The second-order valence-electron chi connectivity index (χ2n) is 3.01. The van der Waals surface area contributed by atoms with Gasteiger partial charge in [0.25, 0.3) is 0 Å². The molecule has 0 atom stereocenters. The molecule has 0 fully saturated rings. The number of nitrogens with zero attached hydrogens (tertiary/aromatic N) is 2. The first kappa shape index (κ1) is 15.3. The molecule has 0 saturated carbocycles. The van der Waals surface area contributed by atoms with Crippen LogP contribution in [0.2, 0.25) is 0 Å². The smallest absolute Gasteiger partial charge is 0.370 e. The fraction of sp³-hybridized carbons (Fsp3) is 0.250. The Hall–Kier alpha value is -1.71. The predicted octanol–water partition coefficient (Wildman–Crippen LogP) is -0.246. The number of guanidine groups is 1. The standard InChI is InChI=1S/C8H12N4.H2O4S/c1-12(8(9)10)6-7-4-2-3-5-11-7;1-5(2,3)4/h2-5H,6H2,1H3,(H3,9,10);(H2,1,2,3,4). The van der Waals surface area contributed by atoms with Crippen LogP contribution >= 0.6 is 0 Å². The SMILES string of the molecule is CN(Cc1ccccn1)C(=N)N.O=S(=O)(O)O. The van der Waals surface area contributed by atoms with E-state index in [9.17, 15) is 0 Å². The summed E-state index contributed by atoms with van der Waals surface area (Å²) in [5.41, 5.74) is 6.18. The molecule has 8 nitrogen and oxygen atoms in total. The molecule has 1 heterocycles. The largest absolute Gasteiger partial charge is 0.394 e. The van der Waals surface area contributed by atoms with Crippen molar-refractivity contribution in [2.24, 2.45) is 5.73 Å². The van der Waals surface area contributed by atoms with Crippen LogP contribution in [0.15, 0.2) is 24.4 Å². The van der Waals surface area contributed by atoms with E-state index in [1.54, 1.807) is 18.1 Å². The molecule has 9 heteroatoms. The molecule has 1 aromatic heterocycles. The number of nitrogens with two attached hydrogens (primary N) is 1. The highest BCUT2D eigenvalue weighted by atomic mass is 32.3. The van der Waals surface area contributed by atoms with Crippen LogP contribution in [0.5, 0.6) is 0 Å². The van der Waals surface area contributed by atoms with E-state index >= 15 is 0 Å². The molecule has 0 bridgehead atoms. The van der Waals surface area contributed by atoms with E-state index in [1.807, 2.05) is 18.2 Å². The average molecular weight is 262 g/mol. The summed E-state index contributed by atoms with van der Waals surface area (Å²) in [6.07, 6.45) is 1.73. The van der Waals surface area contributed by atoms with Gasteiger partial charge < -0.3 is 10.6 Å². The Bertz CT molecular complexity index is 440. The van der Waals surface area contributed by atoms with Crippen molar-refractivity contribution >= 4 is 16.4 Å². The lowest BCUT2D eigenvalue weighted by Gasteiger charge is -2.15. The molecule has 0 aliphatic carbocycles. The normalized spacial score (nSPS) is 10.1. The molecule has 1 rings (SSSR count). The average Bonchev–Trinajstić information content (AvgIpc) is 2.16. The predicted molar refractivity (Wildman–Crippen MR) is 61.8 cm³/mol. The lowest BCUT2D eigenvalue weighted by molar-refractivity contribution is 0.381. The molecule has 0 spiro atoms. The third-order valence-electron chi connectivity index (χ3n) is 1.54. The maximum atomic E-state index is 8.74. The van der Waals surface area contributed by atoms with Crippen molar-refractivity contribution in [1.82, 2.24) is 9.88 Å². The minimum absolute atomic E-state index is 0.0562. The van der Waals surface area contributed by atoms with Crippen LogP contribution in [0.1, 0.15) is 5.69 Å². The summed E-state index contributed by atoms with van der Waals surface area (Å²) in [5, 5.41) is 7.13. The Kier molecular flexibility index (Phi) is 6.10. The first-order valence-corrected chi connectivity index (χ1v) is 5.75. The van der Waals surface area contributed by atoms with E-state index in [0.717, 1.165) is 5.69 Å². The summed E-state index contributed by atoms with van der Waals surface area (Å²) >= 11 is 0. The third kappa shape index (κ3) is 10.6. The van der Waals surface area contributed by atoms with Gasteiger partial charge in [-0.3, -0.25) is 19.5 Å². The Morgan fingerprint density at radius 1 is 1.53 bits per heavy atom. The van der Waals surface area contributed by atoms with Crippen molar-refractivity contribution in [1.29, 1.82) is 5.41 Å². The van der Waals surface area contributed by atoms with E-state index in [1.165, 1.54) is 0 Å². The van der Waals surface area contributed by atoms with E-state index in [2.05, 4.69) is 4.98 Å². The Labute approximate surface area is 99.2 Å². The van der Waals surface area contributed by atoms with Crippen LogP contribution < -0.4 is 5.73 Å². The number of nitrogens with one attached hydrogen (secondary N) is 1.